The maximum absolute atomic E-state index is 12.7. The molecule has 0 N–H and O–H groups in total. The van der Waals surface area contributed by atoms with Crippen molar-refractivity contribution in [1.82, 2.24) is 4.31 Å². The van der Waals surface area contributed by atoms with Crippen molar-refractivity contribution < 1.29 is 8.42 Å². The highest BCUT2D eigenvalue weighted by molar-refractivity contribution is 7.89. The maximum Gasteiger partial charge on any atom is 0.265 e. The Morgan fingerprint density at radius 2 is 1.50 bits per heavy atom. The van der Waals surface area contributed by atoms with Crippen LogP contribution < -0.4 is 0 Å². The predicted molar refractivity (Wildman–Crippen MR) is 78.2 cm³/mol. The van der Waals surface area contributed by atoms with Crippen molar-refractivity contribution in [1.29, 1.82) is 0 Å². The summed E-state index contributed by atoms with van der Waals surface area (Å²) in [5, 5.41) is 0. The molecule has 3 rings (SSSR count). The van der Waals surface area contributed by atoms with E-state index in [1.807, 2.05) is 30.3 Å². The number of hydrogen-bond acceptors (Lipinski definition) is 3. The second-order valence-electron chi connectivity index (χ2n) is 4.46. The van der Waals surface area contributed by atoms with Gasteiger partial charge >= 0.3 is 0 Å². The van der Waals surface area contributed by atoms with Crippen molar-refractivity contribution in [2.75, 3.05) is 13.1 Å². The van der Waals surface area contributed by atoms with Crippen LogP contribution in [0.3, 0.4) is 0 Å². The van der Waals surface area contributed by atoms with E-state index in [9.17, 15) is 8.42 Å². The number of rotatable bonds is 3. The molecule has 2 aromatic carbocycles. The number of sulfonamides is 1. The van der Waals surface area contributed by atoms with Gasteiger partial charge in [-0.25, -0.2) is 12.7 Å². The summed E-state index contributed by atoms with van der Waals surface area (Å²) in [5.41, 5.74) is 0.824. The largest absolute Gasteiger partial charge is 0.265 e. The van der Waals surface area contributed by atoms with Gasteiger partial charge in [0.1, 0.15) is 5.84 Å². The van der Waals surface area contributed by atoms with Crippen molar-refractivity contribution >= 4 is 15.9 Å². The summed E-state index contributed by atoms with van der Waals surface area (Å²) in [6.45, 7) is 0.887. The lowest BCUT2D eigenvalue weighted by molar-refractivity contribution is 0.538. The van der Waals surface area contributed by atoms with E-state index in [1.54, 1.807) is 30.3 Å². The van der Waals surface area contributed by atoms with Crippen LogP contribution in [0.15, 0.2) is 70.6 Å². The van der Waals surface area contributed by atoms with E-state index < -0.39 is 10.0 Å². The second kappa shape index (κ2) is 5.09. The molecular weight excluding hydrogens is 272 g/mol. The summed E-state index contributed by atoms with van der Waals surface area (Å²) in [6, 6.07) is 17.9. The Morgan fingerprint density at radius 1 is 0.900 bits per heavy atom. The number of nitrogens with zero attached hydrogens (tertiary/aromatic N) is 2. The first-order valence-electron chi connectivity index (χ1n) is 6.37. The molecule has 0 amide bonds. The molecule has 5 heteroatoms. The van der Waals surface area contributed by atoms with Crippen molar-refractivity contribution in [3.8, 4) is 0 Å². The first-order valence-corrected chi connectivity index (χ1v) is 7.81. The second-order valence-corrected chi connectivity index (χ2v) is 6.32. The molecule has 0 radical (unpaired) electrons. The molecule has 1 heterocycles. The van der Waals surface area contributed by atoms with E-state index in [4.69, 9.17) is 0 Å². The Bertz CT molecular complexity index is 725. The van der Waals surface area contributed by atoms with Crippen molar-refractivity contribution in [3.63, 3.8) is 0 Å². The average molecular weight is 286 g/mol. The molecule has 0 spiro atoms. The highest BCUT2D eigenvalue weighted by Crippen LogP contribution is 2.21. The lowest BCUT2D eigenvalue weighted by Crippen LogP contribution is -2.34. The molecule has 0 saturated carbocycles. The van der Waals surface area contributed by atoms with Gasteiger partial charge in [-0.2, -0.15) is 0 Å². The van der Waals surface area contributed by atoms with Gasteiger partial charge in [0.05, 0.1) is 18.0 Å². The lowest BCUT2D eigenvalue weighted by atomic mass is 10.2. The van der Waals surface area contributed by atoms with Crippen LogP contribution in [0.4, 0.5) is 0 Å². The first-order chi connectivity index (χ1) is 9.69. The quantitative estimate of drug-likeness (QED) is 0.868. The molecule has 20 heavy (non-hydrogen) atoms. The summed E-state index contributed by atoms with van der Waals surface area (Å²) in [4.78, 5) is 4.64. The molecule has 4 nitrogen and oxygen atoms in total. The molecule has 2 aromatic rings. The fourth-order valence-electron chi connectivity index (χ4n) is 2.21. The zero-order valence-electron chi connectivity index (χ0n) is 10.8. The highest BCUT2D eigenvalue weighted by Gasteiger charge is 2.30. The average Bonchev–Trinajstić information content (AvgIpc) is 2.99. The van der Waals surface area contributed by atoms with Crippen LogP contribution in [0.2, 0.25) is 0 Å². The smallest absolute Gasteiger partial charge is 0.265 e. The third-order valence-corrected chi connectivity index (χ3v) is 4.97. The zero-order chi connectivity index (χ0) is 14.0. The summed E-state index contributed by atoms with van der Waals surface area (Å²) in [7, 11) is -3.53. The monoisotopic (exact) mass is 286 g/mol. The molecule has 0 aliphatic carbocycles. The number of benzene rings is 2. The van der Waals surface area contributed by atoms with Gasteiger partial charge in [-0.1, -0.05) is 48.5 Å². The Labute approximate surface area is 118 Å². The van der Waals surface area contributed by atoms with Gasteiger partial charge in [0.2, 0.25) is 0 Å². The Hall–Kier alpha value is -2.14. The van der Waals surface area contributed by atoms with E-state index in [0.29, 0.717) is 23.8 Å². The van der Waals surface area contributed by atoms with Crippen molar-refractivity contribution in [2.45, 2.75) is 4.90 Å². The van der Waals surface area contributed by atoms with Gasteiger partial charge in [-0.3, -0.25) is 4.99 Å². The van der Waals surface area contributed by atoms with Gasteiger partial charge < -0.3 is 0 Å². The SMILES string of the molecule is O=S(=O)(c1ccccc1)N1CCN=C1c1ccccc1. The number of amidine groups is 1. The molecular formula is C15H14N2O2S. The van der Waals surface area contributed by atoms with Crippen LogP contribution >= 0.6 is 0 Å². The van der Waals surface area contributed by atoms with Gasteiger partial charge in [0.15, 0.2) is 0 Å². The van der Waals surface area contributed by atoms with Crippen molar-refractivity contribution in [3.05, 3.63) is 66.2 Å². The van der Waals surface area contributed by atoms with E-state index >= 15 is 0 Å². The van der Waals surface area contributed by atoms with Crippen LogP contribution in [0, 0.1) is 0 Å². The summed E-state index contributed by atoms with van der Waals surface area (Å²) in [6.07, 6.45) is 0. The van der Waals surface area contributed by atoms with Crippen molar-refractivity contribution in [2.24, 2.45) is 4.99 Å². The lowest BCUT2D eigenvalue weighted by Gasteiger charge is -2.20. The van der Waals surface area contributed by atoms with Gasteiger partial charge in [-0.15, -0.1) is 0 Å². The highest BCUT2D eigenvalue weighted by atomic mass is 32.2. The predicted octanol–water partition coefficient (Wildman–Crippen LogP) is 2.14. The van der Waals surface area contributed by atoms with E-state index in [0.717, 1.165) is 5.56 Å². The fraction of sp³-hybridized carbons (Fsp3) is 0.133. The molecule has 0 atom stereocenters. The van der Waals surface area contributed by atoms with Crippen LogP contribution in [0.25, 0.3) is 0 Å². The molecule has 0 bridgehead atoms. The normalized spacial score (nSPS) is 15.2. The minimum Gasteiger partial charge on any atom is -0.265 e. The van der Waals surface area contributed by atoms with Gasteiger partial charge in [0, 0.05) is 5.56 Å². The van der Waals surface area contributed by atoms with Crippen LogP contribution in [0.5, 0.6) is 0 Å². The molecule has 0 aromatic heterocycles. The maximum atomic E-state index is 12.7. The summed E-state index contributed by atoms with van der Waals surface area (Å²) < 4.78 is 26.7. The first kappa shape index (κ1) is 12.9. The van der Waals surface area contributed by atoms with Crippen LogP contribution in [-0.2, 0) is 10.0 Å². The molecule has 1 aliphatic heterocycles. The molecule has 1 aliphatic rings. The zero-order valence-corrected chi connectivity index (χ0v) is 11.6. The standard InChI is InChI=1S/C15H14N2O2S/c18-20(19,14-9-5-2-6-10-14)17-12-11-16-15(17)13-7-3-1-4-8-13/h1-10H,11-12H2. The molecule has 0 fully saturated rings. The van der Waals surface area contributed by atoms with Gasteiger partial charge in [0.25, 0.3) is 10.0 Å². The van der Waals surface area contributed by atoms with E-state index in [1.165, 1.54) is 4.31 Å². The Kier molecular flexibility index (Phi) is 3.28. The third-order valence-electron chi connectivity index (χ3n) is 3.16. The summed E-state index contributed by atoms with van der Waals surface area (Å²) in [5.74, 6) is 0.523. The molecule has 0 unspecified atom stereocenters. The van der Waals surface area contributed by atoms with E-state index in [2.05, 4.69) is 4.99 Å². The summed E-state index contributed by atoms with van der Waals surface area (Å²) >= 11 is 0. The molecule has 102 valence electrons. The van der Waals surface area contributed by atoms with E-state index in [-0.39, 0.29) is 0 Å². The molecule has 0 saturated heterocycles. The Balaban J connectivity index is 2.01. The fourth-order valence-corrected chi connectivity index (χ4v) is 3.68. The number of aliphatic imine (C=N–C) groups is 1. The Morgan fingerprint density at radius 3 is 2.15 bits per heavy atom. The topological polar surface area (TPSA) is 49.7 Å². The third kappa shape index (κ3) is 2.20. The van der Waals surface area contributed by atoms with Crippen LogP contribution in [-0.4, -0.2) is 31.6 Å². The van der Waals surface area contributed by atoms with Crippen LogP contribution in [0.1, 0.15) is 5.56 Å². The minimum absolute atomic E-state index is 0.297. The minimum atomic E-state index is -3.53. The number of hydrogen-bond donors (Lipinski definition) is 0. The van der Waals surface area contributed by atoms with Gasteiger partial charge in [-0.05, 0) is 12.1 Å².